The molecule has 3 rings (SSSR count). The number of carbonyl (C=O) groups excluding carboxylic acids is 2. The van der Waals surface area contributed by atoms with Crippen molar-refractivity contribution in [1.82, 2.24) is 0 Å². The van der Waals surface area contributed by atoms with Gasteiger partial charge in [-0.3, -0.25) is 9.59 Å². The molecule has 4 nitrogen and oxygen atoms in total. The van der Waals surface area contributed by atoms with E-state index in [1.807, 2.05) is 41.5 Å². The minimum atomic E-state index is -0.562. The van der Waals surface area contributed by atoms with E-state index in [9.17, 15) is 19.8 Å². The number of aliphatic hydroxyl groups excluding tert-OH is 1. The summed E-state index contributed by atoms with van der Waals surface area (Å²) < 4.78 is 0. The smallest absolute Gasteiger partial charge is 0.228 e. The van der Waals surface area contributed by atoms with Crippen LogP contribution in [0.15, 0.2) is 42.2 Å². The van der Waals surface area contributed by atoms with E-state index >= 15 is 0 Å². The van der Waals surface area contributed by atoms with Crippen molar-refractivity contribution in [3.63, 3.8) is 0 Å². The van der Waals surface area contributed by atoms with E-state index in [0.29, 0.717) is 16.7 Å². The Hall–Kier alpha value is -2.88. The second-order valence-corrected chi connectivity index (χ2v) is 9.35. The Morgan fingerprint density at radius 1 is 0.714 bits per heavy atom. The topological polar surface area (TPSA) is 74.6 Å². The molecule has 28 heavy (non-hydrogen) atoms. The summed E-state index contributed by atoms with van der Waals surface area (Å²) in [6.07, 6.45) is 0. The summed E-state index contributed by atoms with van der Waals surface area (Å²) in [5, 5.41) is 21.5. The van der Waals surface area contributed by atoms with Crippen molar-refractivity contribution < 1.29 is 19.8 Å². The molecule has 0 fully saturated rings. The van der Waals surface area contributed by atoms with Crippen molar-refractivity contribution in [2.24, 2.45) is 0 Å². The fourth-order valence-electron chi connectivity index (χ4n) is 3.55. The van der Waals surface area contributed by atoms with Gasteiger partial charge < -0.3 is 10.2 Å². The van der Waals surface area contributed by atoms with Gasteiger partial charge >= 0.3 is 0 Å². The second-order valence-electron chi connectivity index (χ2n) is 9.35. The molecule has 0 aromatic heterocycles. The number of benzene rings is 2. The van der Waals surface area contributed by atoms with Crippen LogP contribution in [0.25, 0.3) is 5.57 Å². The van der Waals surface area contributed by atoms with Gasteiger partial charge in [-0.05, 0) is 28.5 Å². The van der Waals surface area contributed by atoms with Crippen LogP contribution < -0.4 is 0 Å². The number of allylic oxidation sites excluding steroid dienone is 2. The molecule has 0 saturated heterocycles. The van der Waals surface area contributed by atoms with E-state index in [4.69, 9.17) is 0 Å². The molecule has 0 spiro atoms. The SMILES string of the molecule is CC(C)(C)c1cc(C2=C(O)C(=O)c3ccccc3C2=O)cc(C(C)(C)C)c1O. The van der Waals surface area contributed by atoms with Gasteiger partial charge in [-0.25, -0.2) is 0 Å². The molecule has 0 unspecified atom stereocenters. The van der Waals surface area contributed by atoms with Crippen molar-refractivity contribution in [3.8, 4) is 5.75 Å². The second kappa shape index (κ2) is 6.33. The average Bonchev–Trinajstić information content (AvgIpc) is 2.59. The van der Waals surface area contributed by atoms with Gasteiger partial charge in [0.15, 0.2) is 11.5 Å². The summed E-state index contributed by atoms with van der Waals surface area (Å²) in [6, 6.07) is 9.91. The van der Waals surface area contributed by atoms with Gasteiger partial charge in [0.05, 0.1) is 5.57 Å². The molecule has 0 atom stereocenters. The molecule has 0 saturated carbocycles. The highest BCUT2D eigenvalue weighted by Crippen LogP contribution is 2.42. The number of ketones is 2. The Morgan fingerprint density at radius 2 is 1.14 bits per heavy atom. The number of rotatable bonds is 1. The number of phenols is 1. The van der Waals surface area contributed by atoms with Crippen LogP contribution in [0.2, 0.25) is 0 Å². The minimum absolute atomic E-state index is 0.0142. The molecule has 146 valence electrons. The number of hydrogen-bond donors (Lipinski definition) is 2. The lowest BCUT2D eigenvalue weighted by Crippen LogP contribution is -2.23. The van der Waals surface area contributed by atoms with Crippen LogP contribution in [0.5, 0.6) is 5.75 Å². The zero-order valence-electron chi connectivity index (χ0n) is 17.2. The first-order chi connectivity index (χ1) is 12.8. The van der Waals surface area contributed by atoms with E-state index in [1.165, 1.54) is 0 Å². The Labute approximate surface area is 165 Å². The third-order valence-electron chi connectivity index (χ3n) is 5.11. The number of fused-ring (bicyclic) bond motifs is 1. The van der Waals surface area contributed by atoms with E-state index in [2.05, 4.69) is 0 Å². The van der Waals surface area contributed by atoms with Crippen LogP contribution in [-0.2, 0) is 10.8 Å². The number of aromatic hydroxyl groups is 1. The molecule has 0 aliphatic heterocycles. The van der Waals surface area contributed by atoms with Crippen LogP contribution in [0.3, 0.4) is 0 Å². The van der Waals surface area contributed by atoms with Gasteiger partial charge in [-0.1, -0.05) is 65.8 Å². The minimum Gasteiger partial charge on any atom is -0.507 e. The molecule has 4 heteroatoms. The molecule has 0 amide bonds. The first-order valence-electron chi connectivity index (χ1n) is 9.34. The number of carbonyl (C=O) groups is 2. The molecule has 2 aromatic carbocycles. The first-order valence-corrected chi connectivity index (χ1v) is 9.34. The van der Waals surface area contributed by atoms with Gasteiger partial charge in [0.2, 0.25) is 5.78 Å². The fraction of sp³-hybridized carbons (Fsp3) is 0.333. The number of aliphatic hydroxyl groups is 1. The van der Waals surface area contributed by atoms with Gasteiger partial charge in [0, 0.05) is 22.3 Å². The molecule has 1 aliphatic rings. The lowest BCUT2D eigenvalue weighted by Gasteiger charge is -2.29. The van der Waals surface area contributed by atoms with Crippen LogP contribution in [0.4, 0.5) is 0 Å². The highest BCUT2D eigenvalue weighted by atomic mass is 16.3. The summed E-state index contributed by atoms with van der Waals surface area (Å²) in [5.41, 5.74) is 1.45. The van der Waals surface area contributed by atoms with Crippen molar-refractivity contribution in [2.45, 2.75) is 52.4 Å². The van der Waals surface area contributed by atoms with Crippen molar-refractivity contribution in [1.29, 1.82) is 0 Å². The predicted molar refractivity (Wildman–Crippen MR) is 110 cm³/mol. The van der Waals surface area contributed by atoms with E-state index in [-0.39, 0.29) is 22.4 Å². The van der Waals surface area contributed by atoms with Crippen LogP contribution in [0, 0.1) is 0 Å². The Balaban J connectivity index is 2.34. The predicted octanol–water partition coefficient (Wildman–Crippen LogP) is 5.34. The van der Waals surface area contributed by atoms with Crippen LogP contribution in [0.1, 0.15) is 78.9 Å². The Bertz CT molecular complexity index is 992. The molecular weight excluding hydrogens is 352 g/mol. The summed E-state index contributed by atoms with van der Waals surface area (Å²) in [5.74, 6) is -1.32. The van der Waals surface area contributed by atoms with Crippen molar-refractivity contribution in [3.05, 3.63) is 70.0 Å². The highest BCUT2D eigenvalue weighted by molar-refractivity contribution is 6.39. The largest absolute Gasteiger partial charge is 0.507 e. The van der Waals surface area contributed by atoms with E-state index < -0.39 is 28.2 Å². The molecule has 0 bridgehead atoms. The zero-order valence-corrected chi connectivity index (χ0v) is 17.2. The number of hydrogen-bond acceptors (Lipinski definition) is 4. The summed E-state index contributed by atoms with van der Waals surface area (Å²) in [6.45, 7) is 11.8. The summed E-state index contributed by atoms with van der Waals surface area (Å²) in [7, 11) is 0. The lowest BCUT2D eigenvalue weighted by atomic mass is 9.76. The van der Waals surface area contributed by atoms with Gasteiger partial charge in [-0.2, -0.15) is 0 Å². The molecule has 0 heterocycles. The molecule has 0 radical (unpaired) electrons. The highest BCUT2D eigenvalue weighted by Gasteiger charge is 2.35. The third kappa shape index (κ3) is 3.13. The summed E-state index contributed by atoms with van der Waals surface area (Å²) >= 11 is 0. The van der Waals surface area contributed by atoms with Crippen molar-refractivity contribution >= 4 is 17.1 Å². The average molecular weight is 378 g/mol. The van der Waals surface area contributed by atoms with E-state index in [1.54, 1.807) is 36.4 Å². The van der Waals surface area contributed by atoms with E-state index in [0.717, 1.165) is 0 Å². The Kier molecular flexibility index (Phi) is 4.49. The first kappa shape index (κ1) is 19.9. The third-order valence-corrected chi connectivity index (χ3v) is 5.11. The van der Waals surface area contributed by atoms with Crippen LogP contribution >= 0.6 is 0 Å². The Morgan fingerprint density at radius 3 is 1.57 bits per heavy atom. The monoisotopic (exact) mass is 378 g/mol. The zero-order chi connectivity index (χ0) is 21.0. The number of Topliss-reactive ketones (excluding diaryl/α,β-unsaturated/α-hetero) is 2. The van der Waals surface area contributed by atoms with Crippen LogP contribution in [-0.4, -0.2) is 21.8 Å². The molecular formula is C24H26O4. The number of phenolic OH excluding ortho intramolecular Hbond substituents is 1. The van der Waals surface area contributed by atoms with Gasteiger partial charge in [0.1, 0.15) is 5.75 Å². The molecule has 1 aliphatic carbocycles. The standard InChI is InChI=1S/C24H26O4/c1-23(2,3)16-11-13(12-17(21(16)27)24(4,5)6)18-19(25)14-9-7-8-10-15(14)20(26)22(18)28/h7-12,27-28H,1-6H3. The lowest BCUT2D eigenvalue weighted by molar-refractivity contribution is 0.0947. The quantitative estimate of drug-likeness (QED) is 0.703. The fourth-order valence-corrected chi connectivity index (χ4v) is 3.55. The molecule has 2 aromatic rings. The maximum Gasteiger partial charge on any atom is 0.228 e. The van der Waals surface area contributed by atoms with Crippen molar-refractivity contribution in [2.75, 3.05) is 0 Å². The van der Waals surface area contributed by atoms with Gasteiger partial charge in [-0.15, -0.1) is 0 Å². The maximum atomic E-state index is 13.1. The maximum absolute atomic E-state index is 13.1. The normalized spacial score (nSPS) is 15.1. The molecule has 2 N–H and O–H groups in total. The van der Waals surface area contributed by atoms with Gasteiger partial charge in [0.25, 0.3) is 0 Å². The summed E-state index contributed by atoms with van der Waals surface area (Å²) in [4.78, 5) is 25.8.